The van der Waals surface area contributed by atoms with Gasteiger partial charge in [-0.1, -0.05) is 38.4 Å². The molecular weight excluding hydrogens is 296 g/mol. The number of hydrogen-bond acceptors (Lipinski definition) is 2. The maximum Gasteiger partial charge on any atom is 0.0577 e. The summed E-state index contributed by atoms with van der Waals surface area (Å²) in [5.74, 6) is 0. The van der Waals surface area contributed by atoms with E-state index in [1.807, 2.05) is 18.2 Å². The Bertz CT molecular complexity index is 323. The number of anilines is 2. The lowest BCUT2D eigenvalue weighted by atomic mass is 10.3. The van der Waals surface area contributed by atoms with Crippen LogP contribution in [0.4, 0.5) is 11.4 Å². The van der Waals surface area contributed by atoms with E-state index >= 15 is 0 Å². The molecule has 0 bridgehead atoms. The van der Waals surface area contributed by atoms with Crippen LogP contribution in [0.5, 0.6) is 0 Å². The summed E-state index contributed by atoms with van der Waals surface area (Å²) in [7, 11) is 0. The molecule has 0 radical (unpaired) electrons. The minimum absolute atomic E-state index is 0.672. The van der Waals surface area contributed by atoms with Crippen LogP contribution in [0.1, 0.15) is 0 Å². The Balaban J connectivity index is 2.72. The Morgan fingerprint density at radius 3 is 2.77 bits per heavy atom. The van der Waals surface area contributed by atoms with Gasteiger partial charge in [0, 0.05) is 15.5 Å². The van der Waals surface area contributed by atoms with Gasteiger partial charge in [0.1, 0.15) is 0 Å². The van der Waals surface area contributed by atoms with Crippen LogP contribution in [0.25, 0.3) is 0 Å². The van der Waals surface area contributed by atoms with Gasteiger partial charge in [0.2, 0.25) is 0 Å². The summed E-state index contributed by atoms with van der Waals surface area (Å²) in [5, 5.41) is 3.15. The SMILES string of the molecule is C=C(Br)CNc1ccc(Br)cc1N. The Labute approximate surface area is 94.5 Å². The van der Waals surface area contributed by atoms with Gasteiger partial charge in [0.15, 0.2) is 0 Å². The zero-order valence-electron chi connectivity index (χ0n) is 6.98. The Morgan fingerprint density at radius 2 is 2.23 bits per heavy atom. The molecule has 0 amide bonds. The lowest BCUT2D eigenvalue weighted by Crippen LogP contribution is -2.03. The van der Waals surface area contributed by atoms with Crippen molar-refractivity contribution in [1.29, 1.82) is 0 Å². The van der Waals surface area contributed by atoms with Gasteiger partial charge >= 0.3 is 0 Å². The summed E-state index contributed by atoms with van der Waals surface area (Å²) in [6, 6.07) is 5.73. The maximum atomic E-state index is 5.77. The molecule has 1 aromatic rings. The van der Waals surface area contributed by atoms with Crippen molar-refractivity contribution in [3.05, 3.63) is 33.7 Å². The third-order valence-electron chi connectivity index (χ3n) is 1.48. The van der Waals surface area contributed by atoms with E-state index < -0.39 is 0 Å². The molecule has 0 atom stereocenters. The lowest BCUT2D eigenvalue weighted by molar-refractivity contribution is 1.33. The van der Waals surface area contributed by atoms with Crippen molar-refractivity contribution < 1.29 is 0 Å². The molecule has 0 aliphatic heterocycles. The molecule has 0 aliphatic carbocycles. The predicted octanol–water partition coefficient (Wildman–Crippen LogP) is 3.35. The van der Waals surface area contributed by atoms with Crippen molar-refractivity contribution >= 4 is 43.2 Å². The number of nitrogen functional groups attached to an aromatic ring is 1. The number of nitrogens with two attached hydrogens (primary N) is 1. The largest absolute Gasteiger partial charge is 0.397 e. The topological polar surface area (TPSA) is 38.0 Å². The Hall–Kier alpha value is -0.480. The van der Waals surface area contributed by atoms with Crippen molar-refractivity contribution in [2.24, 2.45) is 0 Å². The van der Waals surface area contributed by atoms with E-state index in [0.717, 1.165) is 20.3 Å². The minimum atomic E-state index is 0.672. The van der Waals surface area contributed by atoms with Gasteiger partial charge in [-0.05, 0) is 18.2 Å². The first-order valence-corrected chi connectivity index (χ1v) is 5.30. The Morgan fingerprint density at radius 1 is 1.54 bits per heavy atom. The number of hydrogen-bond donors (Lipinski definition) is 2. The number of nitrogens with one attached hydrogen (secondary N) is 1. The van der Waals surface area contributed by atoms with Crippen LogP contribution >= 0.6 is 31.9 Å². The number of halogens is 2. The highest BCUT2D eigenvalue weighted by atomic mass is 79.9. The van der Waals surface area contributed by atoms with Crippen molar-refractivity contribution in [1.82, 2.24) is 0 Å². The normalized spacial score (nSPS) is 9.69. The molecule has 0 unspecified atom stereocenters. The van der Waals surface area contributed by atoms with E-state index in [2.05, 4.69) is 43.8 Å². The van der Waals surface area contributed by atoms with Crippen LogP contribution in [0.15, 0.2) is 33.7 Å². The molecule has 70 valence electrons. The first-order valence-electron chi connectivity index (χ1n) is 3.72. The minimum Gasteiger partial charge on any atom is -0.397 e. The van der Waals surface area contributed by atoms with Gasteiger partial charge < -0.3 is 11.1 Å². The molecule has 2 nitrogen and oxygen atoms in total. The fourth-order valence-corrected chi connectivity index (χ4v) is 1.40. The summed E-state index contributed by atoms with van der Waals surface area (Å²) in [6.07, 6.45) is 0. The average molecular weight is 306 g/mol. The highest BCUT2D eigenvalue weighted by Crippen LogP contribution is 2.23. The molecule has 3 N–H and O–H groups in total. The van der Waals surface area contributed by atoms with E-state index in [1.165, 1.54) is 0 Å². The van der Waals surface area contributed by atoms with Gasteiger partial charge in [0.25, 0.3) is 0 Å². The smallest absolute Gasteiger partial charge is 0.0577 e. The third kappa shape index (κ3) is 3.40. The quantitative estimate of drug-likeness (QED) is 0.841. The molecule has 0 spiro atoms. The number of benzene rings is 1. The molecule has 1 rings (SSSR count). The van der Waals surface area contributed by atoms with E-state index in [1.54, 1.807) is 0 Å². The molecule has 0 heterocycles. The van der Waals surface area contributed by atoms with Crippen LogP contribution in [0.3, 0.4) is 0 Å². The summed E-state index contributed by atoms with van der Waals surface area (Å²) < 4.78 is 1.88. The highest BCUT2D eigenvalue weighted by molar-refractivity contribution is 9.11. The van der Waals surface area contributed by atoms with Gasteiger partial charge in [-0.25, -0.2) is 0 Å². The standard InChI is InChI=1S/C9H10Br2N2/c1-6(10)5-13-9-3-2-7(11)4-8(9)12/h2-4,13H,1,5,12H2. The van der Waals surface area contributed by atoms with E-state index in [4.69, 9.17) is 5.73 Å². The molecule has 0 fully saturated rings. The Kier molecular flexibility index (Phi) is 3.81. The maximum absolute atomic E-state index is 5.77. The zero-order valence-corrected chi connectivity index (χ0v) is 10.2. The zero-order chi connectivity index (χ0) is 9.84. The second-order valence-corrected chi connectivity index (χ2v) is 4.64. The average Bonchev–Trinajstić information content (AvgIpc) is 2.02. The van der Waals surface area contributed by atoms with Crippen molar-refractivity contribution in [2.75, 3.05) is 17.6 Å². The second kappa shape index (κ2) is 4.67. The summed E-state index contributed by atoms with van der Waals surface area (Å²) >= 11 is 6.61. The van der Waals surface area contributed by atoms with Gasteiger partial charge in [-0.2, -0.15) is 0 Å². The lowest BCUT2D eigenvalue weighted by Gasteiger charge is -2.08. The van der Waals surface area contributed by atoms with Gasteiger partial charge in [-0.15, -0.1) is 0 Å². The monoisotopic (exact) mass is 304 g/mol. The van der Waals surface area contributed by atoms with Gasteiger partial charge in [0.05, 0.1) is 11.4 Å². The first-order chi connectivity index (χ1) is 6.09. The second-order valence-electron chi connectivity index (χ2n) is 2.60. The molecule has 4 heteroatoms. The van der Waals surface area contributed by atoms with Gasteiger partial charge in [-0.3, -0.25) is 0 Å². The fourth-order valence-electron chi connectivity index (χ4n) is 0.886. The molecule has 13 heavy (non-hydrogen) atoms. The van der Waals surface area contributed by atoms with Crippen LogP contribution in [0.2, 0.25) is 0 Å². The molecule has 1 aromatic carbocycles. The number of rotatable bonds is 3. The first kappa shape index (κ1) is 10.6. The van der Waals surface area contributed by atoms with E-state index in [9.17, 15) is 0 Å². The molecular formula is C9H10Br2N2. The summed E-state index contributed by atoms with van der Waals surface area (Å²) in [4.78, 5) is 0. The van der Waals surface area contributed by atoms with E-state index in [-0.39, 0.29) is 0 Å². The highest BCUT2D eigenvalue weighted by Gasteiger charge is 1.98. The predicted molar refractivity (Wildman–Crippen MR) is 65.1 cm³/mol. The van der Waals surface area contributed by atoms with Crippen LogP contribution in [0, 0.1) is 0 Å². The fraction of sp³-hybridized carbons (Fsp3) is 0.111. The summed E-state index contributed by atoms with van der Waals surface area (Å²) in [6.45, 7) is 4.39. The van der Waals surface area contributed by atoms with Crippen LogP contribution < -0.4 is 11.1 Å². The summed E-state index contributed by atoms with van der Waals surface area (Å²) in [5.41, 5.74) is 7.42. The van der Waals surface area contributed by atoms with Crippen molar-refractivity contribution in [3.8, 4) is 0 Å². The van der Waals surface area contributed by atoms with Crippen LogP contribution in [-0.2, 0) is 0 Å². The van der Waals surface area contributed by atoms with Crippen molar-refractivity contribution in [3.63, 3.8) is 0 Å². The molecule has 0 aliphatic rings. The van der Waals surface area contributed by atoms with Crippen molar-refractivity contribution in [2.45, 2.75) is 0 Å². The van der Waals surface area contributed by atoms with E-state index in [0.29, 0.717) is 6.54 Å². The molecule has 0 saturated heterocycles. The molecule has 0 saturated carbocycles. The third-order valence-corrected chi connectivity index (χ3v) is 2.26. The van der Waals surface area contributed by atoms with Crippen LogP contribution in [-0.4, -0.2) is 6.54 Å². The molecule has 0 aromatic heterocycles.